The van der Waals surface area contributed by atoms with Crippen LogP contribution in [0.25, 0.3) is 0 Å². The molecule has 0 unspecified atom stereocenters. The fourth-order valence-corrected chi connectivity index (χ4v) is 1.79. The van der Waals surface area contributed by atoms with Crippen LogP contribution in [0.1, 0.15) is 11.1 Å². The molecular formula is C16H14N2O2. The van der Waals surface area contributed by atoms with Crippen molar-refractivity contribution in [1.29, 1.82) is 0 Å². The first-order chi connectivity index (χ1) is 9.81. The van der Waals surface area contributed by atoms with Gasteiger partial charge in [0.1, 0.15) is 0 Å². The van der Waals surface area contributed by atoms with Gasteiger partial charge in [-0.25, -0.2) is 9.79 Å². The van der Waals surface area contributed by atoms with E-state index in [-0.39, 0.29) is 0 Å². The van der Waals surface area contributed by atoms with Crippen LogP contribution >= 0.6 is 0 Å². The summed E-state index contributed by atoms with van der Waals surface area (Å²) < 4.78 is 4.77. The number of ether oxygens (including phenoxy) is 1. The number of benzene rings is 2. The van der Waals surface area contributed by atoms with E-state index in [4.69, 9.17) is 4.74 Å². The van der Waals surface area contributed by atoms with Gasteiger partial charge in [-0.05, 0) is 41.8 Å². The number of hydrogen-bond donors (Lipinski definition) is 0. The lowest BCUT2D eigenvalue weighted by atomic mass is 10.0. The highest BCUT2D eigenvalue weighted by Gasteiger charge is 1.97. The van der Waals surface area contributed by atoms with E-state index in [0.29, 0.717) is 5.69 Å². The Morgan fingerprint density at radius 3 is 2.05 bits per heavy atom. The second kappa shape index (κ2) is 7.02. The fourth-order valence-electron chi connectivity index (χ4n) is 1.79. The molecule has 4 heteroatoms. The van der Waals surface area contributed by atoms with Crippen LogP contribution in [0, 0.1) is 0 Å². The maximum atomic E-state index is 10.1. The topological polar surface area (TPSA) is 51.0 Å². The highest BCUT2D eigenvalue weighted by Crippen LogP contribution is 2.17. The lowest BCUT2D eigenvalue weighted by molar-refractivity contribution is 0.423. The first-order valence-electron chi connectivity index (χ1n) is 6.13. The van der Waals surface area contributed by atoms with Crippen molar-refractivity contribution in [1.82, 2.24) is 0 Å². The second-order valence-corrected chi connectivity index (χ2v) is 4.18. The van der Waals surface area contributed by atoms with Crippen LogP contribution in [-0.4, -0.2) is 19.6 Å². The molecule has 0 spiro atoms. The van der Waals surface area contributed by atoms with Gasteiger partial charge in [0.15, 0.2) is 6.40 Å². The number of nitrogens with zero attached hydrogens (tertiary/aromatic N) is 2. The second-order valence-electron chi connectivity index (χ2n) is 4.18. The normalized spacial score (nSPS) is 10.2. The van der Waals surface area contributed by atoms with E-state index in [9.17, 15) is 4.79 Å². The molecule has 0 aliphatic rings. The minimum atomic E-state index is 0.619. The summed E-state index contributed by atoms with van der Waals surface area (Å²) in [6, 6.07) is 15.4. The van der Waals surface area contributed by atoms with Gasteiger partial charge in [-0.1, -0.05) is 24.3 Å². The van der Waals surface area contributed by atoms with Gasteiger partial charge in [-0.3, -0.25) is 0 Å². The molecular weight excluding hydrogens is 252 g/mol. The summed E-state index contributed by atoms with van der Waals surface area (Å²) in [6.07, 6.45) is 3.75. The monoisotopic (exact) mass is 266 g/mol. The van der Waals surface area contributed by atoms with Crippen LogP contribution < -0.4 is 0 Å². The molecule has 0 heterocycles. The van der Waals surface area contributed by atoms with Gasteiger partial charge < -0.3 is 4.74 Å². The third kappa shape index (κ3) is 3.90. The maximum absolute atomic E-state index is 10.1. The summed E-state index contributed by atoms with van der Waals surface area (Å²) in [7, 11) is 1.57. The van der Waals surface area contributed by atoms with E-state index in [1.165, 1.54) is 18.0 Å². The smallest absolute Gasteiger partial charge is 0.240 e. The summed E-state index contributed by atoms with van der Waals surface area (Å²) in [5.41, 5.74) is 3.82. The standard InChI is InChI=1S/C16H14N2O2/c1-20-12-18-16-8-4-14(5-9-16)10-13-2-6-15(7-3-13)17-11-19/h2-9,12H,10H2,1H3. The Morgan fingerprint density at radius 2 is 1.55 bits per heavy atom. The zero-order chi connectivity index (χ0) is 14.2. The predicted octanol–water partition coefficient (Wildman–Crippen LogP) is 3.55. The predicted molar refractivity (Wildman–Crippen MR) is 78.6 cm³/mol. The molecule has 0 aliphatic heterocycles. The van der Waals surface area contributed by atoms with Gasteiger partial charge in [0.2, 0.25) is 6.08 Å². The van der Waals surface area contributed by atoms with E-state index in [1.807, 2.05) is 36.4 Å². The number of carbonyl (C=O) groups excluding carboxylic acids is 1. The highest BCUT2D eigenvalue weighted by molar-refractivity contribution is 5.55. The molecule has 0 amide bonds. The van der Waals surface area contributed by atoms with Crippen molar-refractivity contribution in [3.8, 4) is 0 Å². The molecule has 2 aromatic carbocycles. The number of isocyanates is 1. The lowest BCUT2D eigenvalue weighted by Crippen LogP contribution is -1.87. The van der Waals surface area contributed by atoms with Gasteiger partial charge in [0.05, 0.1) is 18.5 Å². The Morgan fingerprint density at radius 1 is 1.00 bits per heavy atom. The average Bonchev–Trinajstić information content (AvgIpc) is 2.49. The molecule has 0 saturated heterocycles. The van der Waals surface area contributed by atoms with Gasteiger partial charge in [0.25, 0.3) is 0 Å². The third-order valence-corrected chi connectivity index (χ3v) is 2.76. The quantitative estimate of drug-likeness (QED) is 0.472. The Labute approximate surface area is 117 Å². The Bertz CT molecular complexity index is 625. The zero-order valence-electron chi connectivity index (χ0n) is 11.1. The van der Waals surface area contributed by atoms with Gasteiger partial charge in [0, 0.05) is 0 Å². The Kier molecular flexibility index (Phi) is 4.81. The minimum Gasteiger partial charge on any atom is -0.486 e. The molecule has 0 N–H and O–H groups in total. The average molecular weight is 266 g/mol. The maximum Gasteiger partial charge on any atom is 0.240 e. The van der Waals surface area contributed by atoms with Gasteiger partial charge in [-0.2, -0.15) is 4.99 Å². The van der Waals surface area contributed by atoms with Crippen LogP contribution in [0.5, 0.6) is 0 Å². The van der Waals surface area contributed by atoms with E-state index >= 15 is 0 Å². The van der Waals surface area contributed by atoms with E-state index in [2.05, 4.69) is 9.98 Å². The van der Waals surface area contributed by atoms with Crippen LogP contribution in [0.15, 0.2) is 58.5 Å². The van der Waals surface area contributed by atoms with Gasteiger partial charge >= 0.3 is 0 Å². The molecule has 0 atom stereocenters. The van der Waals surface area contributed by atoms with Crippen LogP contribution in [0.3, 0.4) is 0 Å². The van der Waals surface area contributed by atoms with Crippen molar-refractivity contribution in [2.24, 2.45) is 9.98 Å². The first kappa shape index (κ1) is 13.7. The van der Waals surface area contributed by atoms with Crippen molar-refractivity contribution < 1.29 is 9.53 Å². The lowest BCUT2D eigenvalue weighted by Gasteiger charge is -2.03. The molecule has 0 bridgehead atoms. The van der Waals surface area contributed by atoms with E-state index in [1.54, 1.807) is 19.2 Å². The molecule has 100 valence electrons. The van der Waals surface area contributed by atoms with Crippen molar-refractivity contribution >= 4 is 23.9 Å². The first-order valence-corrected chi connectivity index (χ1v) is 6.13. The van der Waals surface area contributed by atoms with Crippen molar-refractivity contribution in [3.63, 3.8) is 0 Å². The summed E-state index contributed by atoms with van der Waals surface area (Å²) in [4.78, 5) is 17.8. The molecule has 0 aliphatic carbocycles. The SMILES string of the molecule is COC=Nc1ccc(Cc2ccc(N=C=O)cc2)cc1. The van der Waals surface area contributed by atoms with E-state index < -0.39 is 0 Å². The summed E-state index contributed by atoms with van der Waals surface area (Å²) in [5, 5.41) is 0. The summed E-state index contributed by atoms with van der Waals surface area (Å²) in [5.74, 6) is 0. The van der Waals surface area contributed by atoms with Crippen LogP contribution in [0.4, 0.5) is 11.4 Å². The molecule has 2 aromatic rings. The summed E-state index contributed by atoms with van der Waals surface area (Å²) >= 11 is 0. The fraction of sp³-hybridized carbons (Fsp3) is 0.125. The molecule has 0 saturated carbocycles. The summed E-state index contributed by atoms with van der Waals surface area (Å²) in [6.45, 7) is 0. The van der Waals surface area contributed by atoms with Crippen LogP contribution in [-0.2, 0) is 16.0 Å². The molecule has 4 nitrogen and oxygen atoms in total. The number of methoxy groups -OCH3 is 1. The molecule has 2 rings (SSSR count). The number of hydrogen-bond acceptors (Lipinski definition) is 4. The minimum absolute atomic E-state index is 0.619. The zero-order valence-corrected chi connectivity index (χ0v) is 11.1. The molecule has 20 heavy (non-hydrogen) atoms. The third-order valence-electron chi connectivity index (χ3n) is 2.76. The number of rotatable bonds is 5. The molecule has 0 fully saturated rings. The Hall–Kier alpha value is -2.71. The number of aliphatic imine (C=N–C) groups is 2. The largest absolute Gasteiger partial charge is 0.486 e. The van der Waals surface area contributed by atoms with Crippen LogP contribution in [0.2, 0.25) is 0 Å². The molecule has 0 radical (unpaired) electrons. The van der Waals surface area contributed by atoms with Crippen molar-refractivity contribution in [2.75, 3.05) is 7.11 Å². The van der Waals surface area contributed by atoms with Crippen molar-refractivity contribution in [3.05, 3.63) is 59.7 Å². The van der Waals surface area contributed by atoms with Gasteiger partial charge in [-0.15, -0.1) is 0 Å². The highest BCUT2D eigenvalue weighted by atomic mass is 16.5. The Balaban J connectivity index is 2.05. The van der Waals surface area contributed by atoms with E-state index in [0.717, 1.165) is 17.7 Å². The van der Waals surface area contributed by atoms with Crippen molar-refractivity contribution in [2.45, 2.75) is 6.42 Å². The molecule has 0 aromatic heterocycles.